The van der Waals surface area contributed by atoms with Crippen molar-refractivity contribution in [2.75, 3.05) is 7.11 Å². The van der Waals surface area contributed by atoms with E-state index in [1.54, 1.807) is 18.2 Å². The van der Waals surface area contributed by atoms with Gasteiger partial charge in [0, 0.05) is 0 Å². The highest BCUT2D eigenvalue weighted by Crippen LogP contribution is 2.33. The average molecular weight is 299 g/mol. The van der Waals surface area contributed by atoms with Crippen molar-refractivity contribution in [2.24, 2.45) is 0 Å². The standard InChI is InChI=1S/C12H8Cl2N2O3/c1-18-12(17)8-5-16-10(6-15-8)19-9-4-2-3-7(13)11(9)14/h2-6H,1H3. The minimum absolute atomic E-state index is 0.0899. The van der Waals surface area contributed by atoms with Crippen LogP contribution in [0, 0.1) is 0 Å². The number of benzene rings is 1. The number of esters is 1. The van der Waals surface area contributed by atoms with Gasteiger partial charge in [0.1, 0.15) is 10.8 Å². The Bertz CT molecular complexity index is 602. The fourth-order valence-corrected chi connectivity index (χ4v) is 1.58. The molecule has 1 aromatic heterocycles. The lowest BCUT2D eigenvalue weighted by molar-refractivity contribution is 0.0593. The Morgan fingerprint density at radius 3 is 2.63 bits per heavy atom. The Labute approximate surface area is 119 Å². The van der Waals surface area contributed by atoms with Crippen LogP contribution in [0.1, 0.15) is 10.5 Å². The van der Waals surface area contributed by atoms with Crippen molar-refractivity contribution in [1.82, 2.24) is 9.97 Å². The van der Waals surface area contributed by atoms with Crippen molar-refractivity contribution in [3.63, 3.8) is 0 Å². The molecule has 5 nitrogen and oxygen atoms in total. The van der Waals surface area contributed by atoms with Crippen LogP contribution in [0.5, 0.6) is 11.6 Å². The second-order valence-electron chi connectivity index (χ2n) is 3.39. The molecular weight excluding hydrogens is 291 g/mol. The van der Waals surface area contributed by atoms with Crippen molar-refractivity contribution < 1.29 is 14.3 Å². The van der Waals surface area contributed by atoms with Gasteiger partial charge in [0.15, 0.2) is 5.69 Å². The molecule has 2 rings (SSSR count). The Kier molecular flexibility index (Phi) is 4.19. The zero-order valence-corrected chi connectivity index (χ0v) is 11.3. The van der Waals surface area contributed by atoms with E-state index in [1.807, 2.05) is 0 Å². The van der Waals surface area contributed by atoms with Crippen LogP contribution in [0.15, 0.2) is 30.6 Å². The maximum absolute atomic E-state index is 11.2. The summed E-state index contributed by atoms with van der Waals surface area (Å²) in [5.41, 5.74) is 0.0899. The molecule has 0 saturated heterocycles. The third-order valence-corrected chi connectivity index (χ3v) is 2.95. The second-order valence-corrected chi connectivity index (χ2v) is 4.17. The van der Waals surface area contributed by atoms with Crippen molar-refractivity contribution in [3.8, 4) is 11.6 Å². The highest BCUT2D eigenvalue weighted by Gasteiger charge is 2.10. The highest BCUT2D eigenvalue weighted by atomic mass is 35.5. The number of carbonyl (C=O) groups is 1. The number of hydrogen-bond donors (Lipinski definition) is 0. The first-order valence-corrected chi connectivity index (χ1v) is 5.89. The molecule has 0 amide bonds. The Balaban J connectivity index is 2.20. The van der Waals surface area contributed by atoms with E-state index in [0.717, 1.165) is 0 Å². The van der Waals surface area contributed by atoms with Crippen molar-refractivity contribution in [3.05, 3.63) is 46.3 Å². The molecule has 0 radical (unpaired) electrons. The summed E-state index contributed by atoms with van der Waals surface area (Å²) in [6, 6.07) is 4.98. The Morgan fingerprint density at radius 2 is 2.00 bits per heavy atom. The van der Waals surface area contributed by atoms with E-state index >= 15 is 0 Å². The van der Waals surface area contributed by atoms with Gasteiger partial charge in [0.05, 0.1) is 24.5 Å². The zero-order valence-electron chi connectivity index (χ0n) is 9.76. The smallest absolute Gasteiger partial charge is 0.358 e. The lowest BCUT2D eigenvalue weighted by Crippen LogP contribution is -2.04. The number of aromatic nitrogens is 2. The largest absolute Gasteiger partial charge is 0.464 e. The van der Waals surface area contributed by atoms with E-state index in [4.69, 9.17) is 27.9 Å². The number of nitrogens with zero attached hydrogens (tertiary/aromatic N) is 2. The first-order chi connectivity index (χ1) is 9.11. The predicted molar refractivity (Wildman–Crippen MR) is 69.9 cm³/mol. The summed E-state index contributed by atoms with van der Waals surface area (Å²) < 4.78 is 9.92. The average Bonchev–Trinajstić information content (AvgIpc) is 2.44. The molecular formula is C12H8Cl2N2O3. The number of hydrogen-bond acceptors (Lipinski definition) is 5. The van der Waals surface area contributed by atoms with Gasteiger partial charge < -0.3 is 9.47 Å². The molecule has 0 bridgehead atoms. The molecule has 0 saturated carbocycles. The molecule has 19 heavy (non-hydrogen) atoms. The molecule has 0 aliphatic carbocycles. The summed E-state index contributed by atoms with van der Waals surface area (Å²) in [4.78, 5) is 19.0. The van der Waals surface area contributed by atoms with Crippen LogP contribution in [0.2, 0.25) is 10.0 Å². The molecule has 0 unspecified atom stereocenters. The Hall–Kier alpha value is -1.85. The first-order valence-electron chi connectivity index (χ1n) is 5.14. The lowest BCUT2D eigenvalue weighted by Gasteiger charge is -2.07. The minimum atomic E-state index is -0.570. The third kappa shape index (κ3) is 3.13. The molecule has 0 aliphatic heterocycles. The topological polar surface area (TPSA) is 61.3 Å². The first kappa shape index (κ1) is 13.6. The number of carbonyl (C=O) groups excluding carboxylic acids is 1. The maximum Gasteiger partial charge on any atom is 0.358 e. The van der Waals surface area contributed by atoms with Gasteiger partial charge in [0.25, 0.3) is 0 Å². The van der Waals surface area contributed by atoms with E-state index in [9.17, 15) is 4.79 Å². The third-order valence-electron chi connectivity index (χ3n) is 2.15. The van der Waals surface area contributed by atoms with Gasteiger partial charge in [-0.05, 0) is 12.1 Å². The predicted octanol–water partition coefficient (Wildman–Crippen LogP) is 3.36. The van der Waals surface area contributed by atoms with Crippen LogP contribution in [0.3, 0.4) is 0 Å². The molecule has 1 heterocycles. The molecule has 1 aromatic carbocycles. The fourth-order valence-electron chi connectivity index (χ4n) is 1.25. The van der Waals surface area contributed by atoms with Crippen LogP contribution in [-0.2, 0) is 4.74 Å². The molecule has 2 aromatic rings. The van der Waals surface area contributed by atoms with Crippen LogP contribution in [-0.4, -0.2) is 23.0 Å². The molecule has 0 fully saturated rings. The quantitative estimate of drug-likeness (QED) is 0.813. The SMILES string of the molecule is COC(=O)c1cnc(Oc2cccc(Cl)c2Cl)cn1. The second kappa shape index (κ2) is 5.86. The Morgan fingerprint density at radius 1 is 1.21 bits per heavy atom. The van der Waals surface area contributed by atoms with Crippen LogP contribution in [0.4, 0.5) is 0 Å². The lowest BCUT2D eigenvalue weighted by atomic mass is 10.3. The van der Waals surface area contributed by atoms with E-state index in [0.29, 0.717) is 10.8 Å². The van der Waals surface area contributed by atoms with Crippen molar-refractivity contribution >= 4 is 29.2 Å². The van der Waals surface area contributed by atoms with E-state index in [1.165, 1.54) is 19.5 Å². The molecule has 98 valence electrons. The monoisotopic (exact) mass is 298 g/mol. The number of ether oxygens (including phenoxy) is 2. The van der Waals surface area contributed by atoms with E-state index in [2.05, 4.69) is 14.7 Å². The van der Waals surface area contributed by atoms with E-state index < -0.39 is 5.97 Å². The van der Waals surface area contributed by atoms with Crippen molar-refractivity contribution in [2.45, 2.75) is 0 Å². The summed E-state index contributed by atoms with van der Waals surface area (Å²) in [5, 5.41) is 0.654. The molecule has 0 N–H and O–H groups in total. The van der Waals surface area contributed by atoms with Gasteiger partial charge in [-0.1, -0.05) is 29.3 Å². The summed E-state index contributed by atoms with van der Waals surface area (Å²) in [5.74, 6) is -0.0223. The van der Waals surface area contributed by atoms with Gasteiger partial charge >= 0.3 is 5.97 Å². The van der Waals surface area contributed by atoms with Gasteiger partial charge in [0.2, 0.25) is 5.88 Å². The van der Waals surface area contributed by atoms with Crippen molar-refractivity contribution in [1.29, 1.82) is 0 Å². The zero-order chi connectivity index (χ0) is 13.8. The molecule has 0 atom stereocenters. The normalized spacial score (nSPS) is 10.1. The minimum Gasteiger partial charge on any atom is -0.464 e. The number of rotatable bonds is 3. The van der Waals surface area contributed by atoms with Crippen LogP contribution >= 0.6 is 23.2 Å². The summed E-state index contributed by atoms with van der Waals surface area (Å²) in [7, 11) is 1.26. The molecule has 0 spiro atoms. The fraction of sp³-hybridized carbons (Fsp3) is 0.0833. The van der Waals surface area contributed by atoms with Crippen LogP contribution in [0.25, 0.3) is 0 Å². The summed E-state index contributed by atoms with van der Waals surface area (Å²) in [6.07, 6.45) is 2.54. The highest BCUT2D eigenvalue weighted by molar-refractivity contribution is 6.42. The number of methoxy groups -OCH3 is 1. The van der Waals surface area contributed by atoms with Gasteiger partial charge in [-0.3, -0.25) is 0 Å². The van der Waals surface area contributed by atoms with Gasteiger partial charge in [-0.25, -0.2) is 14.8 Å². The summed E-state index contributed by atoms with van der Waals surface area (Å²) in [6.45, 7) is 0. The van der Waals surface area contributed by atoms with E-state index in [-0.39, 0.29) is 16.6 Å². The molecule has 7 heteroatoms. The molecule has 0 aliphatic rings. The van der Waals surface area contributed by atoms with Gasteiger partial charge in [-0.2, -0.15) is 0 Å². The summed E-state index contributed by atoms with van der Waals surface area (Å²) >= 11 is 11.8. The van der Waals surface area contributed by atoms with Crippen LogP contribution < -0.4 is 4.74 Å². The van der Waals surface area contributed by atoms with Gasteiger partial charge in [-0.15, -0.1) is 0 Å². The number of halogens is 2. The maximum atomic E-state index is 11.2.